The van der Waals surface area contributed by atoms with Crippen molar-refractivity contribution in [2.45, 2.75) is 6.10 Å². The molecule has 3 N–H and O–H groups in total. The molecule has 17 heavy (non-hydrogen) atoms. The van der Waals surface area contributed by atoms with Crippen molar-refractivity contribution in [1.82, 2.24) is 4.98 Å². The molecule has 88 valence electrons. The van der Waals surface area contributed by atoms with Gasteiger partial charge in [-0.15, -0.1) is 0 Å². The maximum atomic E-state index is 10.2. The van der Waals surface area contributed by atoms with E-state index in [1.54, 1.807) is 36.5 Å². The number of aromatic nitrogens is 1. The molecule has 0 amide bonds. The second-order valence-corrected chi connectivity index (χ2v) is 4.82. The third-order valence-corrected chi connectivity index (χ3v) is 3.64. The molecule has 0 aliphatic carbocycles. The van der Waals surface area contributed by atoms with E-state index in [1.165, 1.54) is 0 Å². The fraction of sp³-hybridized carbons (Fsp3) is 0.0833. The first kappa shape index (κ1) is 12.4. The van der Waals surface area contributed by atoms with Crippen LogP contribution in [0.4, 0.5) is 5.82 Å². The zero-order valence-corrected chi connectivity index (χ0v) is 11.1. The van der Waals surface area contributed by atoms with E-state index in [4.69, 9.17) is 17.3 Å². The Balaban J connectivity index is 2.40. The van der Waals surface area contributed by atoms with Crippen LogP contribution in [0.3, 0.4) is 0 Å². The Kier molecular flexibility index (Phi) is 3.66. The molecule has 1 aromatic carbocycles. The van der Waals surface area contributed by atoms with Crippen LogP contribution in [-0.2, 0) is 0 Å². The van der Waals surface area contributed by atoms with Gasteiger partial charge in [-0.2, -0.15) is 0 Å². The Bertz CT molecular complexity index is 548. The summed E-state index contributed by atoms with van der Waals surface area (Å²) in [5.41, 5.74) is 7.01. The first-order valence-corrected chi connectivity index (χ1v) is 6.10. The third kappa shape index (κ3) is 2.60. The van der Waals surface area contributed by atoms with Crippen LogP contribution in [-0.4, -0.2) is 10.1 Å². The van der Waals surface area contributed by atoms with Crippen LogP contribution in [0.25, 0.3) is 0 Å². The lowest BCUT2D eigenvalue weighted by Gasteiger charge is -2.13. The molecule has 1 unspecified atom stereocenters. The number of hydrogen-bond acceptors (Lipinski definition) is 3. The van der Waals surface area contributed by atoms with Crippen molar-refractivity contribution < 1.29 is 5.11 Å². The lowest BCUT2D eigenvalue weighted by atomic mass is 10.0. The summed E-state index contributed by atoms with van der Waals surface area (Å²) in [6, 6.07) is 8.72. The summed E-state index contributed by atoms with van der Waals surface area (Å²) < 4.78 is 0.734. The first-order valence-electron chi connectivity index (χ1n) is 4.93. The topological polar surface area (TPSA) is 59.1 Å². The predicted molar refractivity (Wildman–Crippen MR) is 71.9 cm³/mol. The van der Waals surface area contributed by atoms with Gasteiger partial charge in [-0.1, -0.05) is 23.7 Å². The van der Waals surface area contributed by atoms with Gasteiger partial charge in [0.2, 0.25) is 0 Å². The summed E-state index contributed by atoms with van der Waals surface area (Å²) in [4.78, 5) is 3.95. The maximum absolute atomic E-state index is 10.2. The van der Waals surface area contributed by atoms with Crippen LogP contribution in [0, 0.1) is 0 Å². The molecule has 0 bridgehead atoms. The average Bonchev–Trinajstić information content (AvgIpc) is 2.32. The van der Waals surface area contributed by atoms with E-state index in [0.717, 1.165) is 4.47 Å². The van der Waals surface area contributed by atoms with E-state index in [9.17, 15) is 5.11 Å². The number of aliphatic hydroxyl groups is 1. The summed E-state index contributed by atoms with van der Waals surface area (Å²) in [7, 11) is 0. The fourth-order valence-corrected chi connectivity index (χ4v) is 2.04. The van der Waals surface area contributed by atoms with Gasteiger partial charge < -0.3 is 10.8 Å². The predicted octanol–water partition coefficient (Wildman–Crippen LogP) is 3.16. The molecule has 1 aromatic heterocycles. The van der Waals surface area contributed by atoms with Crippen molar-refractivity contribution >= 4 is 33.3 Å². The van der Waals surface area contributed by atoms with Crippen LogP contribution in [0.2, 0.25) is 5.02 Å². The Labute approximate surface area is 112 Å². The van der Waals surface area contributed by atoms with Gasteiger partial charge in [0.15, 0.2) is 0 Å². The van der Waals surface area contributed by atoms with Gasteiger partial charge >= 0.3 is 0 Å². The number of nitrogens with two attached hydrogens (primary N) is 1. The van der Waals surface area contributed by atoms with Gasteiger partial charge in [0.05, 0.1) is 5.02 Å². The van der Waals surface area contributed by atoms with Crippen LogP contribution in [0.15, 0.2) is 41.0 Å². The maximum Gasteiger partial charge on any atom is 0.129 e. The van der Waals surface area contributed by atoms with Gasteiger partial charge in [-0.25, -0.2) is 4.98 Å². The largest absolute Gasteiger partial charge is 0.384 e. The molecule has 0 aliphatic rings. The number of pyridine rings is 1. The minimum absolute atomic E-state index is 0.325. The molecule has 0 aliphatic heterocycles. The normalized spacial score (nSPS) is 12.4. The molecule has 0 fully saturated rings. The summed E-state index contributed by atoms with van der Waals surface area (Å²) in [5.74, 6) is 0.325. The molecular formula is C12H10BrClN2O. The summed E-state index contributed by atoms with van der Waals surface area (Å²) >= 11 is 9.21. The highest BCUT2D eigenvalue weighted by Crippen LogP contribution is 2.30. The standard InChI is InChI=1S/C12H10BrClN2O/c13-9-6-7(3-4-10(9)14)11(17)8-2-1-5-16-12(8)15/h1-6,11,17H,(H2,15,16). The molecule has 5 heteroatoms. The Hall–Kier alpha value is -1.10. The second kappa shape index (κ2) is 5.04. The van der Waals surface area contributed by atoms with E-state index in [2.05, 4.69) is 20.9 Å². The zero-order chi connectivity index (χ0) is 12.4. The number of benzene rings is 1. The molecular weight excluding hydrogens is 304 g/mol. The van der Waals surface area contributed by atoms with E-state index in [1.807, 2.05) is 0 Å². The van der Waals surface area contributed by atoms with Crippen molar-refractivity contribution in [3.63, 3.8) is 0 Å². The van der Waals surface area contributed by atoms with Crippen LogP contribution < -0.4 is 5.73 Å². The lowest BCUT2D eigenvalue weighted by molar-refractivity contribution is 0.220. The van der Waals surface area contributed by atoms with Crippen LogP contribution in [0.5, 0.6) is 0 Å². The molecule has 3 nitrogen and oxygen atoms in total. The van der Waals surface area contributed by atoms with Gasteiger partial charge in [0, 0.05) is 16.2 Å². The first-order chi connectivity index (χ1) is 8.09. The number of hydrogen-bond donors (Lipinski definition) is 2. The summed E-state index contributed by atoms with van der Waals surface area (Å²) in [6.07, 6.45) is 0.779. The smallest absolute Gasteiger partial charge is 0.129 e. The van der Waals surface area contributed by atoms with Crippen molar-refractivity contribution in [3.8, 4) is 0 Å². The van der Waals surface area contributed by atoms with Crippen molar-refractivity contribution in [2.75, 3.05) is 5.73 Å². The molecule has 1 heterocycles. The van der Waals surface area contributed by atoms with Gasteiger partial charge in [-0.3, -0.25) is 0 Å². The van der Waals surface area contributed by atoms with E-state index in [-0.39, 0.29) is 0 Å². The second-order valence-electron chi connectivity index (χ2n) is 3.55. The van der Waals surface area contributed by atoms with E-state index >= 15 is 0 Å². The third-order valence-electron chi connectivity index (χ3n) is 2.43. The number of anilines is 1. The molecule has 0 spiro atoms. The molecule has 0 saturated carbocycles. The van der Waals surface area contributed by atoms with Gasteiger partial charge in [-0.05, 0) is 39.7 Å². The Morgan fingerprint density at radius 1 is 1.35 bits per heavy atom. The number of halogens is 2. The molecule has 2 aromatic rings. The number of nitrogen functional groups attached to an aromatic ring is 1. The van der Waals surface area contributed by atoms with E-state index < -0.39 is 6.10 Å². The quantitative estimate of drug-likeness (QED) is 0.895. The van der Waals surface area contributed by atoms with Crippen LogP contribution >= 0.6 is 27.5 Å². The van der Waals surface area contributed by atoms with Crippen LogP contribution in [0.1, 0.15) is 17.2 Å². The van der Waals surface area contributed by atoms with Gasteiger partial charge in [0.1, 0.15) is 11.9 Å². The van der Waals surface area contributed by atoms with Gasteiger partial charge in [0.25, 0.3) is 0 Å². The number of aliphatic hydroxyl groups excluding tert-OH is 1. The molecule has 0 saturated heterocycles. The SMILES string of the molecule is Nc1ncccc1C(O)c1ccc(Cl)c(Br)c1. The molecule has 1 atom stereocenters. The highest BCUT2D eigenvalue weighted by atomic mass is 79.9. The van der Waals surface area contributed by atoms with Crippen molar-refractivity contribution in [3.05, 3.63) is 57.2 Å². The monoisotopic (exact) mass is 312 g/mol. The fourth-order valence-electron chi connectivity index (χ4n) is 1.52. The summed E-state index contributed by atoms with van der Waals surface area (Å²) in [6.45, 7) is 0. The Morgan fingerprint density at radius 2 is 2.12 bits per heavy atom. The zero-order valence-electron chi connectivity index (χ0n) is 8.77. The minimum atomic E-state index is -0.808. The Morgan fingerprint density at radius 3 is 2.76 bits per heavy atom. The van der Waals surface area contributed by atoms with Crippen molar-refractivity contribution in [2.24, 2.45) is 0 Å². The molecule has 2 rings (SSSR count). The summed E-state index contributed by atoms with van der Waals surface area (Å²) in [5, 5.41) is 10.8. The highest BCUT2D eigenvalue weighted by molar-refractivity contribution is 9.10. The number of rotatable bonds is 2. The minimum Gasteiger partial charge on any atom is -0.384 e. The molecule has 0 radical (unpaired) electrons. The number of nitrogens with zero attached hydrogens (tertiary/aromatic N) is 1. The van der Waals surface area contributed by atoms with E-state index in [0.29, 0.717) is 22.0 Å². The lowest BCUT2D eigenvalue weighted by Crippen LogP contribution is -2.05. The average molecular weight is 314 g/mol. The van der Waals surface area contributed by atoms with Crippen molar-refractivity contribution in [1.29, 1.82) is 0 Å². The highest BCUT2D eigenvalue weighted by Gasteiger charge is 2.14.